The molecule has 0 aliphatic heterocycles. The maximum Gasteiger partial charge on any atom is 0.251 e. The quantitative estimate of drug-likeness (QED) is 0.881. The van der Waals surface area contributed by atoms with Crippen molar-refractivity contribution in [3.63, 3.8) is 0 Å². The van der Waals surface area contributed by atoms with Crippen LogP contribution in [0.3, 0.4) is 0 Å². The van der Waals surface area contributed by atoms with Crippen LogP contribution in [0.1, 0.15) is 43.1 Å². The molecule has 0 aromatic heterocycles. The molecule has 2 N–H and O–H groups in total. The molecule has 0 aliphatic rings. The van der Waals surface area contributed by atoms with E-state index in [0.29, 0.717) is 12.0 Å². The second-order valence-corrected chi connectivity index (χ2v) is 5.86. The number of carbonyl (C=O) groups is 1. The van der Waals surface area contributed by atoms with Crippen molar-refractivity contribution in [2.24, 2.45) is 5.41 Å². The zero-order chi connectivity index (χ0) is 14.6. The minimum absolute atomic E-state index is 0.00432. The van der Waals surface area contributed by atoms with Gasteiger partial charge in [0.05, 0.1) is 0 Å². The molecule has 0 saturated heterocycles. The molecule has 0 heterocycles. The monoisotopic (exact) mass is 267 g/mol. The van der Waals surface area contributed by atoms with Crippen LogP contribution in [-0.4, -0.2) is 23.7 Å². The van der Waals surface area contributed by atoms with Gasteiger partial charge in [0.1, 0.15) is 5.82 Å². The molecule has 1 amide bonds. The van der Waals surface area contributed by atoms with Gasteiger partial charge in [-0.1, -0.05) is 26.8 Å². The predicted molar refractivity (Wildman–Crippen MR) is 73.5 cm³/mol. The Kier molecular flexibility index (Phi) is 5.06. The van der Waals surface area contributed by atoms with Crippen molar-refractivity contribution in [1.82, 2.24) is 5.32 Å². The Balaban J connectivity index is 2.91. The van der Waals surface area contributed by atoms with Gasteiger partial charge in [0, 0.05) is 18.2 Å². The average molecular weight is 267 g/mol. The number of halogens is 1. The van der Waals surface area contributed by atoms with Gasteiger partial charge < -0.3 is 10.4 Å². The van der Waals surface area contributed by atoms with Crippen molar-refractivity contribution in [1.29, 1.82) is 0 Å². The minimum Gasteiger partial charge on any atom is -0.396 e. The van der Waals surface area contributed by atoms with E-state index in [4.69, 9.17) is 5.11 Å². The average Bonchev–Trinajstić information content (AvgIpc) is 2.30. The van der Waals surface area contributed by atoms with Crippen molar-refractivity contribution >= 4 is 5.91 Å². The van der Waals surface area contributed by atoms with E-state index in [0.717, 1.165) is 5.56 Å². The molecule has 3 nitrogen and oxygen atoms in total. The molecule has 4 heteroatoms. The number of rotatable bonds is 4. The highest BCUT2D eigenvalue weighted by Gasteiger charge is 2.26. The molecule has 0 aliphatic carbocycles. The summed E-state index contributed by atoms with van der Waals surface area (Å²) < 4.78 is 13.2. The summed E-state index contributed by atoms with van der Waals surface area (Å²) in [6, 6.07) is 4.00. The largest absolute Gasteiger partial charge is 0.396 e. The fourth-order valence-corrected chi connectivity index (χ4v) is 1.93. The highest BCUT2D eigenvalue weighted by atomic mass is 19.1. The zero-order valence-electron chi connectivity index (χ0n) is 12.0. The van der Waals surface area contributed by atoms with E-state index < -0.39 is 5.82 Å². The van der Waals surface area contributed by atoms with E-state index in [-0.39, 0.29) is 24.0 Å². The summed E-state index contributed by atoms with van der Waals surface area (Å²) in [5.41, 5.74) is 0.905. The lowest BCUT2D eigenvalue weighted by molar-refractivity contribution is 0.0884. The van der Waals surface area contributed by atoms with Gasteiger partial charge in [-0.3, -0.25) is 4.79 Å². The Bertz CT molecular complexity index is 452. The first-order chi connectivity index (χ1) is 8.75. The topological polar surface area (TPSA) is 49.3 Å². The molecule has 1 unspecified atom stereocenters. The van der Waals surface area contributed by atoms with Crippen LogP contribution in [0.4, 0.5) is 4.39 Å². The van der Waals surface area contributed by atoms with Crippen LogP contribution in [0, 0.1) is 18.2 Å². The van der Waals surface area contributed by atoms with E-state index in [1.54, 1.807) is 13.0 Å². The van der Waals surface area contributed by atoms with Crippen LogP contribution >= 0.6 is 0 Å². The summed E-state index contributed by atoms with van der Waals surface area (Å²) in [5, 5.41) is 11.9. The van der Waals surface area contributed by atoms with Gasteiger partial charge in [-0.25, -0.2) is 4.39 Å². The van der Waals surface area contributed by atoms with Crippen molar-refractivity contribution < 1.29 is 14.3 Å². The fraction of sp³-hybridized carbons (Fsp3) is 0.533. The van der Waals surface area contributed by atoms with Crippen molar-refractivity contribution in [3.8, 4) is 0 Å². The van der Waals surface area contributed by atoms with E-state index in [1.807, 2.05) is 20.8 Å². The van der Waals surface area contributed by atoms with Crippen LogP contribution in [0.15, 0.2) is 18.2 Å². The van der Waals surface area contributed by atoms with E-state index in [9.17, 15) is 9.18 Å². The molecule has 1 aromatic rings. The van der Waals surface area contributed by atoms with E-state index in [1.165, 1.54) is 12.1 Å². The Morgan fingerprint density at radius 3 is 2.58 bits per heavy atom. The third-order valence-electron chi connectivity index (χ3n) is 3.21. The van der Waals surface area contributed by atoms with Gasteiger partial charge >= 0.3 is 0 Å². The SMILES string of the molecule is Cc1ccc(F)cc1C(=O)NC(CCO)C(C)(C)C. The number of carbonyl (C=O) groups excluding carboxylic acids is 1. The lowest BCUT2D eigenvalue weighted by atomic mass is 9.84. The molecule has 0 radical (unpaired) electrons. The van der Waals surface area contributed by atoms with Crippen molar-refractivity contribution in [3.05, 3.63) is 35.1 Å². The number of hydrogen-bond donors (Lipinski definition) is 2. The maximum atomic E-state index is 13.2. The van der Waals surface area contributed by atoms with Gasteiger partial charge in [-0.2, -0.15) is 0 Å². The number of aliphatic hydroxyl groups is 1. The van der Waals surface area contributed by atoms with Gasteiger partial charge in [-0.05, 0) is 36.5 Å². The summed E-state index contributed by atoms with van der Waals surface area (Å²) in [5.74, 6) is -0.726. The smallest absolute Gasteiger partial charge is 0.251 e. The van der Waals surface area contributed by atoms with Gasteiger partial charge in [0.2, 0.25) is 0 Å². The normalized spacial score (nSPS) is 13.2. The van der Waals surface area contributed by atoms with Crippen molar-refractivity contribution in [2.45, 2.75) is 40.2 Å². The zero-order valence-corrected chi connectivity index (χ0v) is 12.0. The number of hydrogen-bond acceptors (Lipinski definition) is 2. The fourth-order valence-electron chi connectivity index (χ4n) is 1.93. The molecule has 1 rings (SSSR count). The van der Waals surface area contributed by atoms with Crippen LogP contribution in [0.2, 0.25) is 0 Å². The van der Waals surface area contributed by atoms with Crippen LogP contribution in [0.5, 0.6) is 0 Å². The molecule has 106 valence electrons. The predicted octanol–water partition coefficient (Wildman–Crippen LogP) is 2.66. The lowest BCUT2D eigenvalue weighted by Gasteiger charge is -2.31. The first-order valence-electron chi connectivity index (χ1n) is 6.43. The number of nitrogens with one attached hydrogen (secondary N) is 1. The maximum absolute atomic E-state index is 13.2. The molecule has 0 saturated carbocycles. The third-order valence-corrected chi connectivity index (χ3v) is 3.21. The molecule has 19 heavy (non-hydrogen) atoms. The van der Waals surface area contributed by atoms with E-state index >= 15 is 0 Å². The molecular weight excluding hydrogens is 245 g/mol. The molecule has 0 bridgehead atoms. The third kappa shape index (κ3) is 4.31. The second kappa shape index (κ2) is 6.15. The highest BCUT2D eigenvalue weighted by Crippen LogP contribution is 2.22. The van der Waals surface area contributed by atoms with Gasteiger partial charge in [-0.15, -0.1) is 0 Å². The number of amides is 1. The number of aliphatic hydroxyl groups excluding tert-OH is 1. The Morgan fingerprint density at radius 1 is 1.42 bits per heavy atom. The first kappa shape index (κ1) is 15.6. The highest BCUT2D eigenvalue weighted by molar-refractivity contribution is 5.95. The Morgan fingerprint density at radius 2 is 2.05 bits per heavy atom. The molecule has 0 spiro atoms. The number of aryl methyl sites for hydroxylation is 1. The van der Waals surface area contributed by atoms with E-state index in [2.05, 4.69) is 5.32 Å². The molecular formula is C15H22FNO2. The summed E-state index contributed by atoms with van der Waals surface area (Å²) in [6.45, 7) is 7.75. The molecule has 1 atom stereocenters. The molecule has 1 aromatic carbocycles. The summed E-state index contributed by atoms with van der Waals surface area (Å²) in [6.07, 6.45) is 0.476. The minimum atomic E-state index is -0.426. The molecule has 0 fully saturated rings. The van der Waals surface area contributed by atoms with Gasteiger partial charge in [0.15, 0.2) is 0 Å². The second-order valence-electron chi connectivity index (χ2n) is 5.86. The lowest BCUT2D eigenvalue weighted by Crippen LogP contribution is -2.44. The number of benzene rings is 1. The summed E-state index contributed by atoms with van der Waals surface area (Å²) >= 11 is 0. The van der Waals surface area contributed by atoms with Crippen LogP contribution < -0.4 is 5.32 Å². The summed E-state index contributed by atoms with van der Waals surface area (Å²) in [7, 11) is 0. The Hall–Kier alpha value is -1.42. The summed E-state index contributed by atoms with van der Waals surface area (Å²) in [4.78, 5) is 12.2. The van der Waals surface area contributed by atoms with Crippen LogP contribution in [0.25, 0.3) is 0 Å². The van der Waals surface area contributed by atoms with Crippen LogP contribution in [-0.2, 0) is 0 Å². The Labute approximate surface area is 113 Å². The van der Waals surface area contributed by atoms with Crippen molar-refractivity contribution in [2.75, 3.05) is 6.61 Å². The first-order valence-corrected chi connectivity index (χ1v) is 6.43. The van der Waals surface area contributed by atoms with Gasteiger partial charge in [0.25, 0.3) is 5.91 Å². The standard InChI is InChI=1S/C15H22FNO2/c1-10-5-6-11(16)9-12(10)14(19)17-13(7-8-18)15(2,3)4/h5-6,9,13,18H,7-8H2,1-4H3,(H,17,19).